The highest BCUT2D eigenvalue weighted by Gasteiger charge is 2.36. The van der Waals surface area contributed by atoms with Crippen LogP contribution in [0.15, 0.2) is 107 Å². The number of methoxy groups -OCH3 is 1. The third-order valence-corrected chi connectivity index (χ3v) is 7.06. The molecule has 4 amide bonds. The molecular formula is C32H25BrN2O6. The summed E-state index contributed by atoms with van der Waals surface area (Å²) in [6, 6.07) is 28.1. The maximum Gasteiger partial charge on any atom is 0.335 e. The predicted octanol–water partition coefficient (Wildman–Crippen LogP) is 6.28. The Balaban J connectivity index is 1.32. The Bertz CT molecular complexity index is 1620. The molecule has 1 heterocycles. The fourth-order valence-electron chi connectivity index (χ4n) is 4.16. The average Bonchev–Trinajstić information content (AvgIpc) is 2.99. The molecule has 41 heavy (non-hydrogen) atoms. The average molecular weight is 613 g/mol. The molecule has 4 aromatic carbocycles. The van der Waals surface area contributed by atoms with E-state index in [2.05, 4.69) is 21.2 Å². The van der Waals surface area contributed by atoms with Crippen LogP contribution >= 0.6 is 15.9 Å². The minimum atomic E-state index is -0.830. The van der Waals surface area contributed by atoms with Gasteiger partial charge in [-0.2, -0.15) is 0 Å². The van der Waals surface area contributed by atoms with Gasteiger partial charge < -0.3 is 14.2 Å². The van der Waals surface area contributed by atoms with E-state index in [1.807, 2.05) is 54.6 Å². The van der Waals surface area contributed by atoms with Crippen LogP contribution in [0.4, 0.5) is 10.5 Å². The molecule has 0 aromatic heterocycles. The Morgan fingerprint density at radius 1 is 0.805 bits per heavy atom. The summed E-state index contributed by atoms with van der Waals surface area (Å²) in [4.78, 5) is 39.6. The lowest BCUT2D eigenvalue weighted by Gasteiger charge is -2.26. The van der Waals surface area contributed by atoms with E-state index >= 15 is 0 Å². The second kappa shape index (κ2) is 12.5. The number of benzene rings is 4. The standard InChI is InChI=1S/C32H25BrN2O6/c1-39-29-18-22(11-16-28(29)41-20-23-9-5-6-10-27(23)33)17-26-30(36)34-32(38)35(31(26)37)24-12-14-25(15-13-24)40-19-21-7-3-2-4-8-21/h2-18H,19-20H2,1H3,(H,34,36,38)/b26-17+. The van der Waals surface area contributed by atoms with Crippen LogP contribution < -0.4 is 24.4 Å². The SMILES string of the molecule is COc1cc(/C=C2\C(=O)NC(=O)N(c3ccc(OCc4ccccc4)cc3)C2=O)ccc1OCc1ccccc1Br. The van der Waals surface area contributed by atoms with Crippen LogP contribution in [0.5, 0.6) is 17.2 Å². The lowest BCUT2D eigenvalue weighted by Crippen LogP contribution is -2.54. The lowest BCUT2D eigenvalue weighted by molar-refractivity contribution is -0.122. The highest BCUT2D eigenvalue weighted by Crippen LogP contribution is 2.31. The van der Waals surface area contributed by atoms with Crippen molar-refractivity contribution in [3.63, 3.8) is 0 Å². The Kier molecular flexibility index (Phi) is 8.45. The van der Waals surface area contributed by atoms with Gasteiger partial charge in [0, 0.05) is 10.0 Å². The first-order valence-electron chi connectivity index (χ1n) is 12.7. The molecule has 1 fully saturated rings. The lowest BCUT2D eigenvalue weighted by atomic mass is 10.1. The quantitative estimate of drug-likeness (QED) is 0.176. The molecule has 0 aliphatic carbocycles. The topological polar surface area (TPSA) is 94.2 Å². The first kappa shape index (κ1) is 27.7. The third kappa shape index (κ3) is 6.47. The first-order valence-corrected chi connectivity index (χ1v) is 13.4. The number of anilines is 1. The maximum absolute atomic E-state index is 13.3. The molecule has 0 spiro atoms. The summed E-state index contributed by atoms with van der Waals surface area (Å²) in [5.74, 6) is -0.0363. The zero-order valence-electron chi connectivity index (χ0n) is 22.0. The molecule has 206 valence electrons. The molecule has 4 aromatic rings. The number of hydrogen-bond acceptors (Lipinski definition) is 6. The molecule has 5 rings (SSSR count). The van der Waals surface area contributed by atoms with Crippen molar-refractivity contribution in [2.24, 2.45) is 0 Å². The summed E-state index contributed by atoms with van der Waals surface area (Å²) >= 11 is 3.51. The predicted molar refractivity (Wildman–Crippen MR) is 158 cm³/mol. The minimum absolute atomic E-state index is 0.196. The van der Waals surface area contributed by atoms with Gasteiger partial charge in [0.15, 0.2) is 11.5 Å². The van der Waals surface area contributed by atoms with Crippen molar-refractivity contribution in [3.05, 3.63) is 124 Å². The van der Waals surface area contributed by atoms with Gasteiger partial charge in [-0.3, -0.25) is 14.9 Å². The number of carbonyl (C=O) groups is 3. The first-order chi connectivity index (χ1) is 19.9. The van der Waals surface area contributed by atoms with E-state index in [1.54, 1.807) is 42.5 Å². The van der Waals surface area contributed by atoms with E-state index in [1.165, 1.54) is 13.2 Å². The Labute approximate surface area is 245 Å². The number of halogens is 1. The minimum Gasteiger partial charge on any atom is -0.493 e. The van der Waals surface area contributed by atoms with Crippen LogP contribution in [0, 0.1) is 0 Å². The van der Waals surface area contributed by atoms with E-state index < -0.39 is 17.8 Å². The van der Waals surface area contributed by atoms with Crippen molar-refractivity contribution in [2.45, 2.75) is 13.2 Å². The van der Waals surface area contributed by atoms with Gasteiger partial charge in [0.1, 0.15) is 24.5 Å². The normalized spacial score (nSPS) is 14.1. The number of rotatable bonds is 9. The van der Waals surface area contributed by atoms with Crippen LogP contribution in [0.1, 0.15) is 16.7 Å². The molecule has 0 unspecified atom stereocenters. The Morgan fingerprint density at radius 3 is 2.27 bits per heavy atom. The number of nitrogens with one attached hydrogen (secondary N) is 1. The smallest absolute Gasteiger partial charge is 0.335 e. The summed E-state index contributed by atoms with van der Waals surface area (Å²) in [5.41, 5.74) is 2.60. The van der Waals surface area contributed by atoms with Crippen LogP contribution in [0.3, 0.4) is 0 Å². The number of amides is 4. The van der Waals surface area contributed by atoms with Gasteiger partial charge in [0.2, 0.25) is 0 Å². The second-order valence-corrected chi connectivity index (χ2v) is 9.87. The van der Waals surface area contributed by atoms with Crippen LogP contribution in [0.2, 0.25) is 0 Å². The summed E-state index contributed by atoms with van der Waals surface area (Å²) in [7, 11) is 1.50. The number of urea groups is 1. The zero-order chi connectivity index (χ0) is 28.8. The molecule has 0 radical (unpaired) electrons. The van der Waals surface area contributed by atoms with Crippen molar-refractivity contribution in [1.29, 1.82) is 0 Å². The summed E-state index contributed by atoms with van der Waals surface area (Å²) in [6.07, 6.45) is 1.41. The second-order valence-electron chi connectivity index (χ2n) is 9.02. The van der Waals surface area contributed by atoms with Crippen molar-refractivity contribution < 1.29 is 28.6 Å². The molecule has 1 aliphatic heterocycles. The molecule has 1 N–H and O–H groups in total. The summed E-state index contributed by atoms with van der Waals surface area (Å²) in [6.45, 7) is 0.689. The van der Waals surface area contributed by atoms with E-state index in [-0.39, 0.29) is 5.57 Å². The van der Waals surface area contributed by atoms with Gasteiger partial charge >= 0.3 is 6.03 Å². The highest BCUT2D eigenvalue weighted by molar-refractivity contribution is 9.10. The Hall–Kier alpha value is -4.89. The molecule has 0 bridgehead atoms. The number of barbiturate groups is 1. The van der Waals surface area contributed by atoms with Gasteiger partial charge in [-0.1, -0.05) is 70.5 Å². The van der Waals surface area contributed by atoms with Gasteiger partial charge in [-0.15, -0.1) is 0 Å². The molecule has 8 nitrogen and oxygen atoms in total. The van der Waals surface area contributed by atoms with Gasteiger partial charge in [0.05, 0.1) is 12.8 Å². The maximum atomic E-state index is 13.3. The number of hydrogen-bond donors (Lipinski definition) is 1. The molecule has 1 saturated heterocycles. The summed E-state index contributed by atoms with van der Waals surface area (Å²) in [5, 5.41) is 2.24. The third-order valence-electron chi connectivity index (χ3n) is 6.28. The van der Waals surface area contributed by atoms with Crippen LogP contribution in [0.25, 0.3) is 6.08 Å². The highest BCUT2D eigenvalue weighted by atomic mass is 79.9. The number of imide groups is 2. The van der Waals surface area contributed by atoms with Gasteiger partial charge in [-0.25, -0.2) is 9.69 Å². The van der Waals surface area contributed by atoms with Crippen LogP contribution in [-0.4, -0.2) is 25.0 Å². The van der Waals surface area contributed by atoms with E-state index in [0.29, 0.717) is 41.7 Å². The molecule has 0 atom stereocenters. The number of carbonyl (C=O) groups excluding carboxylic acids is 3. The van der Waals surface area contributed by atoms with E-state index in [4.69, 9.17) is 14.2 Å². The van der Waals surface area contributed by atoms with Gasteiger partial charge in [0.25, 0.3) is 11.8 Å². The van der Waals surface area contributed by atoms with Crippen molar-refractivity contribution >= 4 is 45.5 Å². The van der Waals surface area contributed by atoms with Crippen molar-refractivity contribution in [3.8, 4) is 17.2 Å². The van der Waals surface area contributed by atoms with E-state index in [9.17, 15) is 14.4 Å². The van der Waals surface area contributed by atoms with Gasteiger partial charge in [-0.05, 0) is 59.7 Å². The largest absolute Gasteiger partial charge is 0.493 e. The van der Waals surface area contributed by atoms with E-state index in [0.717, 1.165) is 20.5 Å². The zero-order valence-corrected chi connectivity index (χ0v) is 23.6. The number of ether oxygens (including phenoxy) is 3. The molecular weight excluding hydrogens is 588 g/mol. The monoisotopic (exact) mass is 612 g/mol. The van der Waals surface area contributed by atoms with Crippen molar-refractivity contribution in [2.75, 3.05) is 12.0 Å². The fourth-order valence-corrected chi connectivity index (χ4v) is 4.55. The molecule has 0 saturated carbocycles. The fraction of sp³-hybridized carbons (Fsp3) is 0.0938. The van der Waals surface area contributed by atoms with Crippen LogP contribution in [-0.2, 0) is 22.8 Å². The van der Waals surface area contributed by atoms with Crippen molar-refractivity contribution in [1.82, 2.24) is 5.32 Å². The number of nitrogens with zero attached hydrogens (tertiary/aromatic N) is 1. The summed E-state index contributed by atoms with van der Waals surface area (Å²) < 4.78 is 18.1. The Morgan fingerprint density at radius 2 is 1.54 bits per heavy atom. The molecule has 1 aliphatic rings. The molecule has 9 heteroatoms.